The molecule has 48 valence electrons. The van der Waals surface area contributed by atoms with Gasteiger partial charge in [0.15, 0.2) is 0 Å². The van der Waals surface area contributed by atoms with Crippen molar-refractivity contribution in [3.8, 4) is 0 Å². The average Bonchev–Trinajstić information content (AvgIpc) is 2.45. The molecule has 0 unspecified atom stereocenters. The fourth-order valence-electron chi connectivity index (χ4n) is 1.57. The van der Waals surface area contributed by atoms with E-state index in [0.717, 1.165) is 16.4 Å². The number of allylic oxidation sites excluding steroid dienone is 1. The lowest BCUT2D eigenvalue weighted by Crippen LogP contribution is -2.04. The number of fused-ring (bicyclic) bond motifs is 2. The molecule has 2 rings (SSSR count). The predicted octanol–water partition coefficient (Wildman–Crippen LogP) is 2.23. The highest BCUT2D eigenvalue weighted by atomic mass is 32.2. The van der Waals surface area contributed by atoms with Crippen molar-refractivity contribution in [3.05, 3.63) is 24.8 Å². The molecule has 0 aromatic carbocycles. The van der Waals surface area contributed by atoms with E-state index in [1.807, 2.05) is 0 Å². The van der Waals surface area contributed by atoms with E-state index in [4.69, 9.17) is 0 Å². The molecule has 0 amide bonds. The summed E-state index contributed by atoms with van der Waals surface area (Å²) in [6, 6.07) is 0. The van der Waals surface area contributed by atoms with Crippen LogP contribution in [0.25, 0.3) is 0 Å². The fraction of sp³-hybridized carbons (Fsp3) is 0.500. The second-order valence-corrected chi connectivity index (χ2v) is 4.08. The number of rotatable bonds is 1. The summed E-state index contributed by atoms with van der Waals surface area (Å²) in [4.78, 5) is 0. The van der Waals surface area contributed by atoms with Gasteiger partial charge < -0.3 is 0 Å². The van der Waals surface area contributed by atoms with Crippen molar-refractivity contribution in [2.45, 2.75) is 16.9 Å². The van der Waals surface area contributed by atoms with E-state index in [9.17, 15) is 0 Å². The van der Waals surface area contributed by atoms with Crippen LogP contribution >= 0.6 is 11.8 Å². The molecule has 1 heterocycles. The molecule has 2 bridgehead atoms. The maximum Gasteiger partial charge on any atom is 0.0293 e. The molecule has 1 heteroatoms. The van der Waals surface area contributed by atoms with E-state index < -0.39 is 0 Å². The molecule has 9 heavy (non-hydrogen) atoms. The van der Waals surface area contributed by atoms with Crippen molar-refractivity contribution in [2.24, 2.45) is 5.92 Å². The summed E-state index contributed by atoms with van der Waals surface area (Å²) >= 11 is 2.06. The molecule has 1 saturated heterocycles. The largest absolute Gasteiger partial charge is 0.146 e. The molecule has 1 fully saturated rings. The average molecular weight is 138 g/mol. The molecule has 3 atom stereocenters. The van der Waals surface area contributed by atoms with Gasteiger partial charge in [-0.3, -0.25) is 0 Å². The minimum atomic E-state index is 0.722. The third-order valence-electron chi connectivity index (χ3n) is 2.06. The lowest BCUT2D eigenvalue weighted by molar-refractivity contribution is 0.699. The first kappa shape index (κ1) is 5.60. The highest BCUT2D eigenvalue weighted by Crippen LogP contribution is 2.44. The molecule has 1 aliphatic heterocycles. The summed E-state index contributed by atoms with van der Waals surface area (Å²) in [5.74, 6) is 0.817. The van der Waals surface area contributed by atoms with E-state index in [1.165, 1.54) is 6.42 Å². The minimum Gasteiger partial charge on any atom is -0.146 e. The van der Waals surface area contributed by atoms with Crippen molar-refractivity contribution in [1.29, 1.82) is 0 Å². The zero-order valence-corrected chi connectivity index (χ0v) is 6.10. The Kier molecular flexibility index (Phi) is 1.19. The van der Waals surface area contributed by atoms with Gasteiger partial charge in [-0.25, -0.2) is 0 Å². The van der Waals surface area contributed by atoms with Gasteiger partial charge in [-0.05, 0) is 12.3 Å². The van der Waals surface area contributed by atoms with Gasteiger partial charge in [0, 0.05) is 10.5 Å². The summed E-state index contributed by atoms with van der Waals surface area (Å²) in [7, 11) is 0. The highest BCUT2D eigenvalue weighted by Gasteiger charge is 2.34. The van der Waals surface area contributed by atoms with Gasteiger partial charge in [0.25, 0.3) is 0 Å². The van der Waals surface area contributed by atoms with Crippen molar-refractivity contribution >= 4 is 11.8 Å². The molecule has 0 aromatic heterocycles. The van der Waals surface area contributed by atoms with Crippen molar-refractivity contribution < 1.29 is 0 Å². The van der Waals surface area contributed by atoms with Crippen LogP contribution in [-0.2, 0) is 0 Å². The Morgan fingerprint density at radius 1 is 1.56 bits per heavy atom. The number of thioether (sulfide) groups is 1. The van der Waals surface area contributed by atoms with Crippen LogP contribution in [-0.4, -0.2) is 10.5 Å². The van der Waals surface area contributed by atoms with E-state index in [0.29, 0.717) is 0 Å². The molecule has 0 spiro atoms. The molecule has 0 nitrogen and oxygen atoms in total. The van der Waals surface area contributed by atoms with Crippen LogP contribution in [0.5, 0.6) is 0 Å². The summed E-state index contributed by atoms with van der Waals surface area (Å²) in [6.07, 6.45) is 8.11. The quantitative estimate of drug-likeness (QED) is 0.501. The first-order valence-electron chi connectivity index (χ1n) is 3.36. The molecule has 0 N–H and O–H groups in total. The Labute approximate surface area is 60.0 Å². The summed E-state index contributed by atoms with van der Waals surface area (Å²) < 4.78 is 0. The number of hydrogen-bond acceptors (Lipinski definition) is 1. The van der Waals surface area contributed by atoms with E-state index in [-0.39, 0.29) is 0 Å². The SMILES string of the molecule is C=C[C@@H]1S[C@@H]2C=C[C@H]1C2. The first-order valence-corrected chi connectivity index (χ1v) is 4.31. The molecule has 1 aliphatic carbocycles. The van der Waals surface area contributed by atoms with Crippen LogP contribution in [0.2, 0.25) is 0 Å². The summed E-state index contributed by atoms with van der Waals surface area (Å²) in [5, 5.41) is 1.54. The van der Waals surface area contributed by atoms with Crippen molar-refractivity contribution in [2.75, 3.05) is 0 Å². The van der Waals surface area contributed by atoms with Crippen molar-refractivity contribution in [1.82, 2.24) is 0 Å². The van der Waals surface area contributed by atoms with Crippen LogP contribution in [0.4, 0.5) is 0 Å². The zero-order valence-electron chi connectivity index (χ0n) is 5.29. The third kappa shape index (κ3) is 0.751. The Bertz CT molecular complexity index is 160. The molecular formula is C8H10S. The van der Waals surface area contributed by atoms with Crippen LogP contribution in [0, 0.1) is 5.92 Å². The van der Waals surface area contributed by atoms with E-state index >= 15 is 0 Å². The summed E-state index contributed by atoms with van der Waals surface area (Å²) in [6.45, 7) is 3.81. The Morgan fingerprint density at radius 2 is 2.44 bits per heavy atom. The standard InChI is InChI=1S/C8H10S/c1-2-8-6-3-4-7(5-6)9-8/h2-4,6-8H,1,5H2/t6-,7+,8-/m0/s1. The molecule has 0 radical (unpaired) electrons. The smallest absolute Gasteiger partial charge is 0.0293 e. The molecule has 0 aromatic rings. The normalized spacial score (nSPS) is 46.0. The second-order valence-electron chi connectivity index (χ2n) is 2.66. The van der Waals surface area contributed by atoms with Crippen molar-refractivity contribution in [3.63, 3.8) is 0 Å². The van der Waals surface area contributed by atoms with Crippen LogP contribution < -0.4 is 0 Å². The van der Waals surface area contributed by atoms with Gasteiger partial charge in [-0.2, -0.15) is 0 Å². The van der Waals surface area contributed by atoms with E-state index in [1.54, 1.807) is 0 Å². The van der Waals surface area contributed by atoms with Crippen LogP contribution in [0.3, 0.4) is 0 Å². The molecular weight excluding hydrogens is 128 g/mol. The third-order valence-corrected chi connectivity index (χ3v) is 3.62. The topological polar surface area (TPSA) is 0 Å². The van der Waals surface area contributed by atoms with Gasteiger partial charge >= 0.3 is 0 Å². The Hall–Kier alpha value is -0.170. The van der Waals surface area contributed by atoms with Gasteiger partial charge in [0.1, 0.15) is 0 Å². The second kappa shape index (κ2) is 1.91. The monoisotopic (exact) mass is 138 g/mol. The maximum absolute atomic E-state index is 3.81. The number of hydrogen-bond donors (Lipinski definition) is 0. The maximum atomic E-state index is 3.81. The van der Waals surface area contributed by atoms with E-state index in [2.05, 4.69) is 36.6 Å². The molecule has 2 aliphatic rings. The Balaban J connectivity index is 2.19. The lowest BCUT2D eigenvalue weighted by atomic mass is 10.1. The van der Waals surface area contributed by atoms with Crippen LogP contribution in [0.15, 0.2) is 24.8 Å². The van der Waals surface area contributed by atoms with Crippen LogP contribution in [0.1, 0.15) is 6.42 Å². The van der Waals surface area contributed by atoms with Gasteiger partial charge in [0.05, 0.1) is 0 Å². The zero-order chi connectivity index (χ0) is 6.27. The summed E-state index contributed by atoms with van der Waals surface area (Å²) in [5.41, 5.74) is 0. The highest BCUT2D eigenvalue weighted by molar-refractivity contribution is 8.01. The lowest BCUT2D eigenvalue weighted by Gasteiger charge is -2.10. The van der Waals surface area contributed by atoms with Gasteiger partial charge in [0.2, 0.25) is 0 Å². The predicted molar refractivity (Wildman–Crippen MR) is 42.6 cm³/mol. The minimum absolute atomic E-state index is 0.722. The van der Waals surface area contributed by atoms with Gasteiger partial charge in [-0.15, -0.1) is 18.3 Å². The molecule has 0 saturated carbocycles. The Morgan fingerprint density at radius 3 is 2.78 bits per heavy atom. The first-order chi connectivity index (χ1) is 4.40. The fourth-order valence-corrected chi connectivity index (χ4v) is 3.00. The van der Waals surface area contributed by atoms with Gasteiger partial charge in [-0.1, -0.05) is 18.2 Å².